The van der Waals surface area contributed by atoms with Gasteiger partial charge in [0.25, 0.3) is 0 Å². The summed E-state index contributed by atoms with van der Waals surface area (Å²) in [6.45, 7) is 3.86. The van der Waals surface area contributed by atoms with Gasteiger partial charge >= 0.3 is 0 Å². The van der Waals surface area contributed by atoms with E-state index in [1.807, 2.05) is 56.3 Å². The second-order valence-electron chi connectivity index (χ2n) is 8.19. The summed E-state index contributed by atoms with van der Waals surface area (Å²) in [6.07, 6.45) is 0.333. The van der Waals surface area contributed by atoms with Crippen LogP contribution >= 0.6 is 0 Å². The molecular weight excluding hydrogens is 431 g/mol. The summed E-state index contributed by atoms with van der Waals surface area (Å²) >= 11 is 0. The fourth-order valence-electron chi connectivity index (χ4n) is 4.08. The van der Waals surface area contributed by atoms with Gasteiger partial charge in [0, 0.05) is 23.5 Å². The summed E-state index contributed by atoms with van der Waals surface area (Å²) in [4.78, 5) is 22.8. The summed E-state index contributed by atoms with van der Waals surface area (Å²) in [5.41, 5.74) is 10.3. The molecule has 0 aliphatic carbocycles. The van der Waals surface area contributed by atoms with E-state index >= 15 is 0 Å². The number of nitrogens with one attached hydrogen (secondary N) is 1. The van der Waals surface area contributed by atoms with E-state index in [1.165, 1.54) is 12.1 Å². The van der Waals surface area contributed by atoms with Crippen molar-refractivity contribution in [3.05, 3.63) is 113 Å². The molecule has 7 heteroatoms. The van der Waals surface area contributed by atoms with E-state index in [0.29, 0.717) is 17.8 Å². The molecule has 172 valence electrons. The average molecular weight is 457 g/mol. The van der Waals surface area contributed by atoms with Crippen LogP contribution in [0.1, 0.15) is 45.1 Å². The third kappa shape index (κ3) is 4.88. The predicted molar refractivity (Wildman–Crippen MR) is 129 cm³/mol. The fourth-order valence-corrected chi connectivity index (χ4v) is 4.08. The summed E-state index contributed by atoms with van der Waals surface area (Å²) < 4.78 is 15.0. The van der Waals surface area contributed by atoms with Crippen molar-refractivity contribution in [2.75, 3.05) is 5.32 Å². The molecule has 3 N–H and O–H groups in total. The Bertz CT molecular complexity index is 1330. The SMILES string of the molecule is Cc1cccc(C(N)=O)c1.Cc1nn(-c2ccccc2)c2c1C(c1ccc(F)cc1)CC(=O)N2. The lowest BCUT2D eigenvalue weighted by Gasteiger charge is -2.24. The minimum absolute atomic E-state index is 0.0612. The maximum atomic E-state index is 13.2. The highest BCUT2D eigenvalue weighted by Crippen LogP contribution is 2.40. The number of aromatic nitrogens is 2. The number of carbonyl (C=O) groups excluding carboxylic acids is 2. The van der Waals surface area contributed by atoms with E-state index in [4.69, 9.17) is 5.73 Å². The van der Waals surface area contributed by atoms with Gasteiger partial charge in [-0.1, -0.05) is 48.0 Å². The third-order valence-electron chi connectivity index (χ3n) is 5.68. The highest BCUT2D eigenvalue weighted by atomic mass is 19.1. The van der Waals surface area contributed by atoms with Crippen LogP contribution in [0, 0.1) is 19.7 Å². The molecule has 0 saturated carbocycles. The van der Waals surface area contributed by atoms with Crippen LogP contribution in [0.25, 0.3) is 5.69 Å². The number of primary amides is 1. The number of carbonyl (C=O) groups is 2. The van der Waals surface area contributed by atoms with Crippen LogP contribution in [0.5, 0.6) is 0 Å². The number of anilines is 1. The van der Waals surface area contributed by atoms with Gasteiger partial charge < -0.3 is 11.1 Å². The number of para-hydroxylation sites is 1. The van der Waals surface area contributed by atoms with E-state index in [9.17, 15) is 14.0 Å². The lowest BCUT2D eigenvalue weighted by atomic mass is 9.86. The maximum absolute atomic E-state index is 13.2. The quantitative estimate of drug-likeness (QED) is 0.460. The van der Waals surface area contributed by atoms with Gasteiger partial charge in [0.15, 0.2) is 0 Å². The van der Waals surface area contributed by atoms with Crippen molar-refractivity contribution in [3.63, 3.8) is 0 Å². The molecular formula is C27H25FN4O2. The normalized spacial score (nSPS) is 14.4. The first kappa shape index (κ1) is 22.9. The largest absolute Gasteiger partial charge is 0.366 e. The van der Waals surface area contributed by atoms with Crippen molar-refractivity contribution < 1.29 is 14.0 Å². The third-order valence-corrected chi connectivity index (χ3v) is 5.68. The van der Waals surface area contributed by atoms with E-state index in [2.05, 4.69) is 10.4 Å². The molecule has 0 fully saturated rings. The van der Waals surface area contributed by atoms with Gasteiger partial charge in [-0.3, -0.25) is 9.59 Å². The lowest BCUT2D eigenvalue weighted by Crippen LogP contribution is -2.24. The molecule has 0 spiro atoms. The van der Waals surface area contributed by atoms with Gasteiger partial charge in [-0.2, -0.15) is 5.10 Å². The Balaban J connectivity index is 0.000000231. The van der Waals surface area contributed by atoms with Crippen LogP contribution in [0.15, 0.2) is 78.9 Å². The monoisotopic (exact) mass is 456 g/mol. The van der Waals surface area contributed by atoms with Crippen molar-refractivity contribution in [2.24, 2.45) is 5.73 Å². The zero-order chi connectivity index (χ0) is 24.2. The van der Waals surface area contributed by atoms with Crippen molar-refractivity contribution >= 4 is 17.6 Å². The highest BCUT2D eigenvalue weighted by molar-refractivity contribution is 5.95. The van der Waals surface area contributed by atoms with Crippen LogP contribution in [-0.2, 0) is 4.79 Å². The van der Waals surface area contributed by atoms with E-state index < -0.39 is 0 Å². The topological polar surface area (TPSA) is 90.0 Å². The van der Waals surface area contributed by atoms with Crippen molar-refractivity contribution in [1.82, 2.24) is 9.78 Å². The van der Waals surface area contributed by atoms with E-state index in [0.717, 1.165) is 28.1 Å². The Kier molecular flexibility index (Phi) is 6.54. The van der Waals surface area contributed by atoms with Crippen LogP contribution in [-0.4, -0.2) is 21.6 Å². The number of fused-ring (bicyclic) bond motifs is 1. The van der Waals surface area contributed by atoms with Gasteiger partial charge in [0.2, 0.25) is 11.8 Å². The molecule has 1 aliphatic rings. The van der Waals surface area contributed by atoms with Crippen molar-refractivity contribution in [2.45, 2.75) is 26.2 Å². The fraction of sp³-hybridized carbons (Fsp3) is 0.148. The minimum atomic E-state index is -0.372. The van der Waals surface area contributed by atoms with Gasteiger partial charge in [-0.25, -0.2) is 9.07 Å². The molecule has 3 aromatic carbocycles. The molecule has 34 heavy (non-hydrogen) atoms. The predicted octanol–water partition coefficient (Wildman–Crippen LogP) is 4.89. The van der Waals surface area contributed by atoms with Gasteiger partial charge in [0.05, 0.1) is 11.4 Å². The molecule has 1 atom stereocenters. The lowest BCUT2D eigenvalue weighted by molar-refractivity contribution is -0.116. The zero-order valence-corrected chi connectivity index (χ0v) is 19.0. The number of rotatable bonds is 3. The molecule has 0 radical (unpaired) electrons. The van der Waals surface area contributed by atoms with Crippen LogP contribution < -0.4 is 11.1 Å². The summed E-state index contributed by atoms with van der Waals surface area (Å²) in [7, 11) is 0. The molecule has 0 saturated heterocycles. The minimum Gasteiger partial charge on any atom is -0.366 e. The zero-order valence-electron chi connectivity index (χ0n) is 19.0. The average Bonchev–Trinajstić information content (AvgIpc) is 3.16. The first-order chi connectivity index (χ1) is 16.3. The molecule has 1 aromatic heterocycles. The van der Waals surface area contributed by atoms with Crippen LogP contribution in [0.3, 0.4) is 0 Å². The smallest absolute Gasteiger partial charge is 0.248 e. The first-order valence-corrected chi connectivity index (χ1v) is 10.9. The number of nitrogens with two attached hydrogens (primary N) is 1. The van der Waals surface area contributed by atoms with Crippen molar-refractivity contribution in [3.8, 4) is 5.69 Å². The van der Waals surface area contributed by atoms with E-state index in [-0.39, 0.29) is 23.5 Å². The molecule has 0 bridgehead atoms. The number of nitrogens with zero attached hydrogens (tertiary/aromatic N) is 2. The summed E-state index contributed by atoms with van der Waals surface area (Å²) in [5.74, 6) is -0.135. The Morgan fingerprint density at radius 3 is 2.35 bits per heavy atom. The number of halogens is 1. The first-order valence-electron chi connectivity index (χ1n) is 10.9. The Morgan fingerprint density at radius 1 is 1.03 bits per heavy atom. The highest BCUT2D eigenvalue weighted by Gasteiger charge is 2.32. The number of aryl methyl sites for hydroxylation is 2. The molecule has 1 aliphatic heterocycles. The second-order valence-corrected chi connectivity index (χ2v) is 8.19. The number of hydrogen-bond acceptors (Lipinski definition) is 3. The van der Waals surface area contributed by atoms with E-state index in [1.54, 1.807) is 28.9 Å². The summed E-state index contributed by atoms with van der Waals surface area (Å²) in [6, 6.07) is 23.2. The summed E-state index contributed by atoms with van der Waals surface area (Å²) in [5, 5.41) is 7.56. The number of benzene rings is 3. The molecule has 4 aromatic rings. The molecule has 2 amide bonds. The Hall–Kier alpha value is -4.26. The molecule has 1 unspecified atom stereocenters. The standard InChI is InChI=1S/C19H16FN3O.C8H9NO/c1-12-18-16(13-7-9-14(20)10-8-13)11-17(24)21-19(18)23(22-12)15-5-3-2-4-6-15;1-6-3-2-4-7(5-6)8(9)10/h2-10,16H,11H2,1H3,(H,21,24);2-5H,1H3,(H2,9,10). The molecule has 6 nitrogen and oxygen atoms in total. The Morgan fingerprint density at radius 2 is 1.74 bits per heavy atom. The van der Waals surface area contributed by atoms with Crippen molar-refractivity contribution in [1.29, 1.82) is 0 Å². The van der Waals surface area contributed by atoms with Gasteiger partial charge in [-0.15, -0.1) is 0 Å². The number of hydrogen-bond donors (Lipinski definition) is 2. The van der Waals surface area contributed by atoms with Crippen LogP contribution in [0.4, 0.5) is 10.2 Å². The number of amides is 2. The molecule has 2 heterocycles. The van der Waals surface area contributed by atoms with Crippen LogP contribution in [0.2, 0.25) is 0 Å². The van der Waals surface area contributed by atoms with Gasteiger partial charge in [-0.05, 0) is 55.8 Å². The Labute approximate surface area is 197 Å². The molecule has 5 rings (SSSR count). The second kappa shape index (κ2) is 9.70. The maximum Gasteiger partial charge on any atom is 0.248 e. The van der Waals surface area contributed by atoms with Gasteiger partial charge in [0.1, 0.15) is 11.6 Å².